The predicted molar refractivity (Wildman–Crippen MR) is 77.1 cm³/mol. The molecule has 7 unspecified atom stereocenters. The van der Waals surface area contributed by atoms with E-state index in [1.165, 1.54) is 0 Å². The molecule has 2 saturated carbocycles. The zero-order valence-corrected chi connectivity index (χ0v) is 12.1. The maximum atomic E-state index is 8.61. The average molecular weight is 279 g/mol. The van der Waals surface area contributed by atoms with Gasteiger partial charge >= 0.3 is 0 Å². The number of methoxy groups -OCH3 is 1. The first-order valence-electron chi connectivity index (χ1n) is 7.81. The van der Waals surface area contributed by atoms with E-state index in [-0.39, 0.29) is 12.1 Å². The van der Waals surface area contributed by atoms with Crippen LogP contribution in [0.3, 0.4) is 0 Å². The molecular weight excluding hydrogens is 254 g/mol. The number of piperidine rings is 1. The Bertz CT molecular complexity index is 397. The van der Waals surface area contributed by atoms with Crippen LogP contribution in [0.4, 0.5) is 0 Å². The van der Waals surface area contributed by atoms with Gasteiger partial charge in [-0.3, -0.25) is 0 Å². The van der Waals surface area contributed by atoms with Crippen LogP contribution in [0.2, 0.25) is 0 Å². The second kappa shape index (κ2) is 5.90. The minimum absolute atomic E-state index is 0.146. The van der Waals surface area contributed by atoms with E-state index in [9.17, 15) is 0 Å². The second-order valence-electron chi connectivity index (χ2n) is 6.63. The molecule has 2 aliphatic carbocycles. The Morgan fingerprint density at radius 1 is 1.15 bits per heavy atom. The van der Waals surface area contributed by atoms with Gasteiger partial charge in [0.05, 0.1) is 6.10 Å². The molecule has 0 aromatic carbocycles. The van der Waals surface area contributed by atoms with Gasteiger partial charge in [0.1, 0.15) is 0 Å². The third kappa shape index (κ3) is 2.53. The van der Waals surface area contributed by atoms with Crippen molar-refractivity contribution in [2.45, 2.75) is 68.8 Å². The lowest BCUT2D eigenvalue weighted by atomic mass is 9.65. The van der Waals surface area contributed by atoms with Crippen molar-refractivity contribution in [2.75, 3.05) is 7.11 Å². The molecule has 0 spiro atoms. The van der Waals surface area contributed by atoms with E-state index in [4.69, 9.17) is 16.0 Å². The van der Waals surface area contributed by atoms with Crippen molar-refractivity contribution < 1.29 is 4.74 Å². The van der Waals surface area contributed by atoms with E-state index < -0.39 is 0 Å². The van der Waals surface area contributed by atoms with Gasteiger partial charge < -0.3 is 15.8 Å². The van der Waals surface area contributed by atoms with Crippen molar-refractivity contribution >= 4 is 0 Å². The summed E-state index contributed by atoms with van der Waals surface area (Å²) < 4.78 is 5.53. The highest BCUT2D eigenvalue weighted by molar-refractivity contribution is 5.05. The van der Waals surface area contributed by atoms with E-state index in [0.717, 1.165) is 38.5 Å². The fraction of sp³-hybridized carbons (Fsp3) is 1.00. The highest BCUT2D eigenvalue weighted by Crippen LogP contribution is 2.40. The first kappa shape index (κ1) is 14.1. The lowest BCUT2D eigenvalue weighted by Gasteiger charge is -2.52. The maximum Gasteiger partial charge on any atom is 0.0575 e. The molecule has 0 radical (unpaired) electrons. The monoisotopic (exact) mass is 279 g/mol. The number of nitrogens with two attached hydrogens (primary N) is 1. The molecule has 7 atom stereocenters. The van der Waals surface area contributed by atoms with Crippen LogP contribution in [0.1, 0.15) is 38.5 Å². The van der Waals surface area contributed by atoms with Gasteiger partial charge in [0.2, 0.25) is 0 Å². The van der Waals surface area contributed by atoms with E-state index in [0.29, 0.717) is 30.0 Å². The van der Waals surface area contributed by atoms with E-state index in [1.807, 2.05) is 0 Å². The summed E-state index contributed by atoms with van der Waals surface area (Å²) in [6.07, 6.45) is 6.72. The van der Waals surface area contributed by atoms with Crippen molar-refractivity contribution in [3.63, 3.8) is 0 Å². The normalized spacial score (nSPS) is 47.8. The highest BCUT2D eigenvalue weighted by atomic mass is 16.5. The van der Waals surface area contributed by atoms with Gasteiger partial charge in [-0.1, -0.05) is 5.11 Å². The summed E-state index contributed by atoms with van der Waals surface area (Å²) in [4.78, 5) is 2.97. The van der Waals surface area contributed by atoms with Gasteiger partial charge in [-0.2, -0.15) is 0 Å². The molecule has 3 fully saturated rings. The van der Waals surface area contributed by atoms with Crippen LogP contribution in [0.25, 0.3) is 10.4 Å². The zero-order valence-electron chi connectivity index (χ0n) is 12.1. The van der Waals surface area contributed by atoms with Gasteiger partial charge in [-0.05, 0) is 55.9 Å². The molecule has 6 heteroatoms. The third-order valence-corrected chi connectivity index (χ3v) is 5.69. The van der Waals surface area contributed by atoms with Crippen molar-refractivity contribution in [1.82, 2.24) is 5.32 Å². The third-order valence-electron chi connectivity index (χ3n) is 5.69. The minimum atomic E-state index is 0.146. The molecule has 0 amide bonds. The quantitative estimate of drug-likeness (QED) is 0.459. The van der Waals surface area contributed by atoms with Crippen molar-refractivity contribution in [3.05, 3.63) is 10.4 Å². The standard InChI is InChI=1S/C14H25N5O/c1-20-9-3-5-12-11(7-9)14(15)10-4-2-8(18-19-16)6-13(10)17-12/h8-14,17H,2-7,15H2,1H3. The summed E-state index contributed by atoms with van der Waals surface area (Å²) >= 11 is 0. The Morgan fingerprint density at radius 2 is 2.00 bits per heavy atom. The summed E-state index contributed by atoms with van der Waals surface area (Å²) in [6.45, 7) is 0. The molecule has 3 rings (SSSR count). The Hall–Kier alpha value is -0.810. The van der Waals surface area contributed by atoms with Crippen LogP contribution in [0, 0.1) is 11.8 Å². The number of ether oxygens (including phenoxy) is 1. The summed E-state index contributed by atoms with van der Waals surface area (Å²) in [5.41, 5.74) is 15.2. The van der Waals surface area contributed by atoms with Gasteiger partial charge in [0, 0.05) is 36.2 Å². The van der Waals surface area contributed by atoms with Crippen molar-refractivity contribution in [2.24, 2.45) is 22.7 Å². The number of nitrogens with zero attached hydrogens (tertiary/aromatic N) is 3. The van der Waals surface area contributed by atoms with Gasteiger partial charge in [0.25, 0.3) is 0 Å². The fourth-order valence-electron chi connectivity index (χ4n) is 4.61. The fourth-order valence-corrected chi connectivity index (χ4v) is 4.61. The first-order chi connectivity index (χ1) is 9.72. The molecule has 3 aliphatic rings. The van der Waals surface area contributed by atoms with Crippen molar-refractivity contribution in [1.29, 1.82) is 0 Å². The number of rotatable bonds is 2. The number of nitrogens with one attached hydrogen (secondary N) is 1. The zero-order chi connectivity index (χ0) is 14.1. The summed E-state index contributed by atoms with van der Waals surface area (Å²) in [7, 11) is 1.81. The molecule has 0 aromatic rings. The topological polar surface area (TPSA) is 96.0 Å². The second-order valence-corrected chi connectivity index (χ2v) is 6.63. The molecule has 1 saturated heterocycles. The van der Waals surface area contributed by atoms with Crippen LogP contribution in [-0.2, 0) is 4.74 Å². The van der Waals surface area contributed by atoms with Crippen LogP contribution in [0.15, 0.2) is 5.11 Å². The first-order valence-corrected chi connectivity index (χ1v) is 7.81. The molecule has 0 aromatic heterocycles. The average Bonchev–Trinajstić information content (AvgIpc) is 2.47. The number of fused-ring (bicyclic) bond motifs is 2. The van der Waals surface area contributed by atoms with E-state index >= 15 is 0 Å². The molecule has 1 aliphatic heterocycles. The lowest BCUT2D eigenvalue weighted by molar-refractivity contribution is -0.00690. The van der Waals surface area contributed by atoms with Crippen LogP contribution in [0.5, 0.6) is 0 Å². The van der Waals surface area contributed by atoms with Gasteiger partial charge in [-0.25, -0.2) is 0 Å². The largest absolute Gasteiger partial charge is 0.381 e. The highest BCUT2D eigenvalue weighted by Gasteiger charge is 2.46. The Kier molecular flexibility index (Phi) is 4.17. The predicted octanol–water partition coefficient (Wildman–Crippen LogP) is 1.95. The molecule has 6 nitrogen and oxygen atoms in total. The molecule has 20 heavy (non-hydrogen) atoms. The van der Waals surface area contributed by atoms with Crippen molar-refractivity contribution in [3.8, 4) is 0 Å². The Balaban J connectivity index is 1.70. The summed E-state index contributed by atoms with van der Waals surface area (Å²) in [5.74, 6) is 1.06. The minimum Gasteiger partial charge on any atom is -0.381 e. The van der Waals surface area contributed by atoms with Crippen LogP contribution in [-0.4, -0.2) is 37.4 Å². The molecule has 0 bridgehead atoms. The molecular formula is C14H25N5O. The number of hydrogen-bond donors (Lipinski definition) is 2. The Morgan fingerprint density at radius 3 is 2.75 bits per heavy atom. The van der Waals surface area contributed by atoms with Crippen LogP contribution < -0.4 is 11.1 Å². The molecule has 3 N–H and O–H groups in total. The van der Waals surface area contributed by atoms with Crippen LogP contribution >= 0.6 is 0 Å². The summed E-state index contributed by atoms with van der Waals surface area (Å²) in [5, 5.41) is 7.71. The van der Waals surface area contributed by atoms with Gasteiger partial charge in [0.15, 0.2) is 0 Å². The maximum absolute atomic E-state index is 8.61. The molecule has 1 heterocycles. The Labute approximate surface area is 120 Å². The number of hydrogen-bond acceptors (Lipinski definition) is 4. The molecule has 112 valence electrons. The number of azide groups is 1. The smallest absolute Gasteiger partial charge is 0.0575 e. The van der Waals surface area contributed by atoms with E-state index in [1.54, 1.807) is 7.11 Å². The SMILES string of the molecule is COC1CCC2NC3CC(N=[N+]=[N-])CCC3C(N)C2C1. The van der Waals surface area contributed by atoms with Gasteiger partial charge in [-0.15, -0.1) is 0 Å². The lowest BCUT2D eigenvalue weighted by Crippen LogP contribution is -2.65. The summed E-state index contributed by atoms with van der Waals surface area (Å²) in [6, 6.07) is 1.35. The van der Waals surface area contributed by atoms with E-state index in [2.05, 4.69) is 15.3 Å².